The van der Waals surface area contributed by atoms with E-state index in [2.05, 4.69) is 0 Å². The number of nitrogens with zero attached hydrogens (tertiary/aromatic N) is 1. The van der Waals surface area contributed by atoms with Crippen molar-refractivity contribution in [3.8, 4) is 5.40 Å². The highest BCUT2D eigenvalue weighted by atomic mass is 32.4. The minimum absolute atomic E-state index is 0.501. The van der Waals surface area contributed by atoms with Gasteiger partial charge in [0.05, 0.1) is 0 Å². The molecule has 0 saturated heterocycles. The molecule has 4 nitrogen and oxygen atoms in total. The Hall–Kier alpha value is -0.0631. The van der Waals surface area contributed by atoms with Gasteiger partial charge in [0, 0.05) is 31.0 Å². The summed E-state index contributed by atoms with van der Waals surface area (Å²) in [6.07, 6.45) is 0. The lowest BCUT2D eigenvalue weighted by molar-refractivity contribution is 0.0969. The van der Waals surface area contributed by atoms with Crippen LogP contribution in [0.5, 0.6) is 0 Å². The van der Waals surface area contributed by atoms with Gasteiger partial charge in [0.1, 0.15) is 5.40 Å². The molecule has 0 bridgehead atoms. The van der Waals surface area contributed by atoms with Crippen LogP contribution in [0.3, 0.4) is 0 Å². The average molecular weight is 221 g/mol. The van der Waals surface area contributed by atoms with Crippen molar-refractivity contribution in [2.75, 3.05) is 19.8 Å². The van der Waals surface area contributed by atoms with Crippen LogP contribution in [0.1, 0.15) is 20.8 Å². The van der Waals surface area contributed by atoms with E-state index in [1.54, 1.807) is 0 Å². The monoisotopic (exact) mass is 221 g/mol. The molecule has 0 radical (unpaired) electrons. The Morgan fingerprint density at radius 3 is 1.69 bits per heavy atom. The Kier molecular flexibility index (Phi) is 7.32. The Morgan fingerprint density at radius 2 is 1.46 bits per heavy atom. The topological polar surface area (TPSA) is 51.5 Å². The summed E-state index contributed by atoms with van der Waals surface area (Å²) in [5.74, 6) is 0. The molecule has 0 N–H and O–H groups in total. The highest BCUT2D eigenvalue weighted by Gasteiger charge is 2.42. The van der Waals surface area contributed by atoms with Gasteiger partial charge in [-0.3, -0.25) is 0 Å². The van der Waals surface area contributed by atoms with Crippen molar-refractivity contribution >= 4 is 19.2 Å². The molecule has 0 aliphatic rings. The summed E-state index contributed by atoms with van der Waals surface area (Å²) in [4.78, 5) is 0. The van der Waals surface area contributed by atoms with Crippen LogP contribution in [-0.2, 0) is 13.3 Å². The molecule has 76 valence electrons. The predicted octanol–water partition coefficient (Wildman–Crippen LogP) is 1.75. The van der Waals surface area contributed by atoms with Gasteiger partial charge in [0.25, 0.3) is 0 Å². The largest absolute Gasteiger partial charge is 0.588 e. The van der Waals surface area contributed by atoms with Gasteiger partial charge < -0.3 is 13.3 Å². The first-order chi connectivity index (χ1) is 6.24. The average Bonchev–Trinajstić information content (AvgIpc) is 2.06. The summed E-state index contributed by atoms with van der Waals surface area (Å²) in [7, 11) is -2.74. The molecule has 0 aliphatic carbocycles. The molecule has 13 heavy (non-hydrogen) atoms. The second-order valence-corrected chi connectivity index (χ2v) is 6.36. The molecular weight excluding hydrogens is 206 g/mol. The van der Waals surface area contributed by atoms with Crippen molar-refractivity contribution in [1.82, 2.24) is 0 Å². The first kappa shape index (κ1) is 12.9. The molecule has 0 fully saturated rings. The smallest absolute Gasteiger partial charge is 0.365 e. The first-order valence-corrected chi connectivity index (χ1v) is 7.50. The van der Waals surface area contributed by atoms with E-state index in [4.69, 9.17) is 18.5 Å². The quantitative estimate of drug-likeness (QED) is 0.484. The standard InChI is InChI=1S/C7H15NO3SSi/c1-4-9-13(10-5-2,11-6-3)12-7-8/h4-6H2,1-3H3. The van der Waals surface area contributed by atoms with Crippen molar-refractivity contribution < 1.29 is 13.3 Å². The summed E-state index contributed by atoms with van der Waals surface area (Å²) in [5.41, 5.74) is 0. The van der Waals surface area contributed by atoms with Gasteiger partial charge in [-0.05, 0) is 20.8 Å². The van der Waals surface area contributed by atoms with Crippen LogP contribution in [0.15, 0.2) is 0 Å². The van der Waals surface area contributed by atoms with Crippen molar-refractivity contribution in [3.63, 3.8) is 0 Å². The van der Waals surface area contributed by atoms with E-state index in [9.17, 15) is 0 Å². The van der Waals surface area contributed by atoms with Gasteiger partial charge in [0.2, 0.25) is 0 Å². The Balaban J connectivity index is 4.29. The van der Waals surface area contributed by atoms with Gasteiger partial charge in [-0.15, -0.1) is 0 Å². The van der Waals surface area contributed by atoms with Crippen LogP contribution < -0.4 is 0 Å². The van der Waals surface area contributed by atoms with E-state index >= 15 is 0 Å². The third-order valence-corrected chi connectivity index (χ3v) is 5.49. The lowest BCUT2D eigenvalue weighted by atomic mass is 10.9. The summed E-state index contributed by atoms with van der Waals surface area (Å²) in [5, 5.41) is 10.6. The minimum Gasteiger partial charge on any atom is -0.365 e. The Bertz CT molecular complexity index is 157. The summed E-state index contributed by atoms with van der Waals surface area (Å²) < 4.78 is 16.2. The number of nitriles is 1. The molecule has 0 aromatic rings. The molecule has 0 heterocycles. The minimum atomic E-state index is -2.74. The van der Waals surface area contributed by atoms with E-state index in [0.29, 0.717) is 19.8 Å². The lowest BCUT2D eigenvalue weighted by Gasteiger charge is -2.24. The van der Waals surface area contributed by atoms with Crippen molar-refractivity contribution in [2.24, 2.45) is 0 Å². The molecule has 6 heteroatoms. The predicted molar refractivity (Wildman–Crippen MR) is 53.8 cm³/mol. The van der Waals surface area contributed by atoms with Gasteiger partial charge in [-0.1, -0.05) is 0 Å². The van der Waals surface area contributed by atoms with Gasteiger partial charge in [0.15, 0.2) is 0 Å². The second kappa shape index (κ2) is 7.35. The normalized spacial score (nSPS) is 11.2. The van der Waals surface area contributed by atoms with Crippen LogP contribution in [0, 0.1) is 10.7 Å². The molecule has 0 aliphatic heterocycles. The summed E-state index contributed by atoms with van der Waals surface area (Å²) in [6, 6.07) is 0. The molecule has 0 rings (SSSR count). The van der Waals surface area contributed by atoms with E-state index in [0.717, 1.165) is 11.2 Å². The number of hydrogen-bond acceptors (Lipinski definition) is 5. The van der Waals surface area contributed by atoms with Crippen molar-refractivity contribution in [2.45, 2.75) is 20.8 Å². The highest BCUT2D eigenvalue weighted by molar-refractivity contribution is 8.29. The Labute approximate surface area is 84.2 Å². The second-order valence-electron chi connectivity index (χ2n) is 1.99. The molecular formula is C7H15NO3SSi. The van der Waals surface area contributed by atoms with Crippen LogP contribution in [0.2, 0.25) is 0 Å². The first-order valence-electron chi connectivity index (χ1n) is 4.23. The molecule has 0 saturated carbocycles. The van der Waals surface area contributed by atoms with Gasteiger partial charge in [-0.2, -0.15) is 5.26 Å². The zero-order valence-corrected chi connectivity index (χ0v) is 10.0. The third kappa shape index (κ3) is 4.64. The zero-order valence-electron chi connectivity index (χ0n) is 8.20. The van der Waals surface area contributed by atoms with E-state index in [1.165, 1.54) is 0 Å². The number of hydrogen-bond donors (Lipinski definition) is 0. The van der Waals surface area contributed by atoms with Crippen LogP contribution in [0.4, 0.5) is 0 Å². The van der Waals surface area contributed by atoms with Crippen molar-refractivity contribution in [3.05, 3.63) is 0 Å². The fraction of sp³-hybridized carbons (Fsp3) is 0.857. The fourth-order valence-electron chi connectivity index (χ4n) is 0.800. The highest BCUT2D eigenvalue weighted by Crippen LogP contribution is 2.23. The summed E-state index contributed by atoms with van der Waals surface area (Å²) >= 11 is 0.975. The molecule has 0 spiro atoms. The zero-order chi connectivity index (χ0) is 10.2. The van der Waals surface area contributed by atoms with E-state index in [1.807, 2.05) is 26.2 Å². The molecule has 0 aromatic carbocycles. The van der Waals surface area contributed by atoms with Crippen LogP contribution >= 0.6 is 11.2 Å². The van der Waals surface area contributed by atoms with Crippen molar-refractivity contribution in [1.29, 1.82) is 5.26 Å². The maximum atomic E-state index is 8.59. The summed E-state index contributed by atoms with van der Waals surface area (Å²) in [6.45, 7) is 7.08. The maximum Gasteiger partial charge on any atom is 0.588 e. The molecule has 0 aromatic heterocycles. The van der Waals surface area contributed by atoms with E-state index in [-0.39, 0.29) is 0 Å². The van der Waals surface area contributed by atoms with Gasteiger partial charge >= 0.3 is 7.95 Å². The lowest BCUT2D eigenvalue weighted by Crippen LogP contribution is -2.42. The van der Waals surface area contributed by atoms with E-state index < -0.39 is 7.95 Å². The van der Waals surface area contributed by atoms with Crippen LogP contribution in [0.25, 0.3) is 0 Å². The number of thiocyanates is 1. The third-order valence-electron chi connectivity index (χ3n) is 1.13. The molecule has 0 atom stereocenters. The Morgan fingerprint density at radius 1 is 1.08 bits per heavy atom. The van der Waals surface area contributed by atoms with Gasteiger partial charge in [-0.25, -0.2) is 0 Å². The maximum absolute atomic E-state index is 8.59. The SMILES string of the molecule is CCO[Si](OCC)(OCC)SC#N. The van der Waals surface area contributed by atoms with Crippen LogP contribution in [-0.4, -0.2) is 27.8 Å². The molecule has 0 unspecified atom stereocenters. The fourth-order valence-corrected chi connectivity index (χ4v) is 4.33. The number of rotatable bonds is 7. The molecule has 0 amide bonds.